The molecule has 0 spiro atoms. The smallest absolute Gasteiger partial charge is 0.133 e. The Bertz CT molecular complexity index is 632. The fourth-order valence-electron chi connectivity index (χ4n) is 2.14. The number of aromatic nitrogens is 2. The van der Waals surface area contributed by atoms with Crippen LogP contribution in [-0.4, -0.2) is 9.78 Å². The van der Waals surface area contributed by atoms with Gasteiger partial charge in [0.05, 0.1) is 5.69 Å². The molecule has 0 bridgehead atoms. The van der Waals surface area contributed by atoms with Gasteiger partial charge in [0.1, 0.15) is 22.6 Å². The highest BCUT2D eigenvalue weighted by Crippen LogP contribution is 2.27. The van der Waals surface area contributed by atoms with Gasteiger partial charge in [-0.05, 0) is 13.3 Å². The average Bonchev–Trinajstić information content (AvgIpc) is 2.54. The molecule has 2 aromatic rings. The zero-order valence-electron chi connectivity index (χ0n) is 10.9. The Kier molecular flexibility index (Phi) is 4.06. The second-order valence-corrected chi connectivity index (χ2v) is 4.93. The fraction of sp³-hybridized carbons (Fsp3) is 0.308. The Hall–Kier alpha value is -1.53. The van der Waals surface area contributed by atoms with Gasteiger partial charge in [-0.1, -0.05) is 11.6 Å². The first kappa shape index (κ1) is 14.9. The van der Waals surface area contributed by atoms with Crippen molar-refractivity contribution in [3.05, 3.63) is 51.6 Å². The van der Waals surface area contributed by atoms with Crippen LogP contribution in [0.15, 0.2) is 12.1 Å². The number of aryl methyl sites for hydroxylation is 2. The molecule has 0 saturated carbocycles. The number of rotatable bonds is 3. The maximum absolute atomic E-state index is 13.7. The van der Waals surface area contributed by atoms with E-state index in [2.05, 4.69) is 5.10 Å². The summed E-state index contributed by atoms with van der Waals surface area (Å²) in [4.78, 5) is 0. The molecule has 0 aliphatic carbocycles. The maximum Gasteiger partial charge on any atom is 0.133 e. The summed E-state index contributed by atoms with van der Waals surface area (Å²) >= 11 is 6.05. The lowest BCUT2D eigenvalue weighted by molar-refractivity contribution is 0.501. The lowest BCUT2D eigenvalue weighted by Gasteiger charge is -2.14. The van der Waals surface area contributed by atoms with Gasteiger partial charge >= 0.3 is 0 Å². The minimum absolute atomic E-state index is 0.109. The van der Waals surface area contributed by atoms with Crippen LogP contribution >= 0.6 is 11.6 Å². The van der Waals surface area contributed by atoms with Gasteiger partial charge in [-0.2, -0.15) is 5.10 Å². The Labute approximate surface area is 119 Å². The van der Waals surface area contributed by atoms with Crippen molar-refractivity contribution in [2.45, 2.75) is 19.4 Å². The Balaban J connectivity index is 2.36. The van der Waals surface area contributed by atoms with Crippen LogP contribution in [0.3, 0.4) is 0 Å². The van der Waals surface area contributed by atoms with Gasteiger partial charge in [-0.25, -0.2) is 13.2 Å². The largest absolute Gasteiger partial charge is 0.323 e. The van der Waals surface area contributed by atoms with Crippen molar-refractivity contribution < 1.29 is 13.2 Å². The SMILES string of the molecule is Cc1nn(C)c(Cl)c1CC(N)c1c(F)cc(F)cc1F. The van der Waals surface area contributed by atoms with E-state index < -0.39 is 23.5 Å². The van der Waals surface area contributed by atoms with E-state index in [0.717, 1.165) is 0 Å². The molecule has 0 fully saturated rings. The molecule has 0 aliphatic heterocycles. The van der Waals surface area contributed by atoms with Crippen LogP contribution in [0.4, 0.5) is 13.2 Å². The van der Waals surface area contributed by atoms with E-state index in [4.69, 9.17) is 17.3 Å². The second-order valence-electron chi connectivity index (χ2n) is 4.57. The molecule has 1 aromatic carbocycles. The first-order valence-corrected chi connectivity index (χ1v) is 6.27. The minimum atomic E-state index is -1.01. The van der Waals surface area contributed by atoms with Gasteiger partial charge in [0.2, 0.25) is 0 Å². The standard InChI is InChI=1S/C13H13ClF3N3/c1-6-8(13(14)20(2)19-6)5-11(18)12-9(16)3-7(15)4-10(12)17/h3-4,11H,5,18H2,1-2H3. The average molecular weight is 304 g/mol. The number of benzene rings is 1. The molecule has 2 N–H and O–H groups in total. The minimum Gasteiger partial charge on any atom is -0.323 e. The van der Waals surface area contributed by atoms with Crippen molar-refractivity contribution in [1.29, 1.82) is 0 Å². The van der Waals surface area contributed by atoms with Gasteiger partial charge in [0.25, 0.3) is 0 Å². The van der Waals surface area contributed by atoms with E-state index in [1.807, 2.05) is 0 Å². The summed E-state index contributed by atoms with van der Waals surface area (Å²) < 4.78 is 41.6. The summed E-state index contributed by atoms with van der Waals surface area (Å²) in [6, 6.07) is 0.238. The van der Waals surface area contributed by atoms with Crippen molar-refractivity contribution in [2.24, 2.45) is 12.8 Å². The van der Waals surface area contributed by atoms with Gasteiger partial charge in [-0.15, -0.1) is 0 Å². The highest BCUT2D eigenvalue weighted by Gasteiger charge is 2.22. The van der Waals surface area contributed by atoms with Gasteiger partial charge < -0.3 is 5.73 Å². The number of hydrogen-bond donors (Lipinski definition) is 1. The van der Waals surface area contributed by atoms with E-state index in [-0.39, 0.29) is 12.0 Å². The molecule has 0 aliphatic rings. The second kappa shape index (κ2) is 5.46. The van der Waals surface area contributed by atoms with Crippen molar-refractivity contribution in [2.75, 3.05) is 0 Å². The monoisotopic (exact) mass is 303 g/mol. The quantitative estimate of drug-likeness (QED) is 0.947. The van der Waals surface area contributed by atoms with E-state index in [1.54, 1.807) is 14.0 Å². The number of nitrogens with zero attached hydrogens (tertiary/aromatic N) is 2. The zero-order chi connectivity index (χ0) is 15.0. The third-order valence-corrected chi connectivity index (χ3v) is 3.58. The highest BCUT2D eigenvalue weighted by molar-refractivity contribution is 6.30. The van der Waals surface area contributed by atoms with E-state index in [9.17, 15) is 13.2 Å². The molecule has 20 heavy (non-hydrogen) atoms. The molecule has 7 heteroatoms. The molecule has 0 amide bonds. The Morgan fingerprint density at radius 1 is 1.30 bits per heavy atom. The molecular weight excluding hydrogens is 291 g/mol. The normalized spacial score (nSPS) is 12.8. The molecule has 0 saturated heterocycles. The van der Waals surface area contributed by atoms with Gasteiger partial charge in [0.15, 0.2) is 0 Å². The molecule has 3 nitrogen and oxygen atoms in total. The fourth-order valence-corrected chi connectivity index (χ4v) is 2.39. The molecule has 2 rings (SSSR count). The maximum atomic E-state index is 13.7. The van der Waals surface area contributed by atoms with E-state index in [1.165, 1.54) is 4.68 Å². The molecule has 0 radical (unpaired) electrons. The van der Waals surface area contributed by atoms with Crippen LogP contribution in [-0.2, 0) is 13.5 Å². The summed E-state index contributed by atoms with van der Waals surface area (Å²) in [6.45, 7) is 1.73. The Morgan fingerprint density at radius 3 is 2.30 bits per heavy atom. The van der Waals surface area contributed by atoms with Crippen LogP contribution in [0.2, 0.25) is 5.15 Å². The van der Waals surface area contributed by atoms with Crippen LogP contribution < -0.4 is 5.73 Å². The van der Waals surface area contributed by atoms with Crippen molar-refractivity contribution >= 4 is 11.6 Å². The van der Waals surface area contributed by atoms with Gasteiger partial charge in [0, 0.05) is 36.3 Å². The summed E-state index contributed by atoms with van der Waals surface area (Å²) in [7, 11) is 1.66. The summed E-state index contributed by atoms with van der Waals surface area (Å²) in [6.07, 6.45) is 0.109. The lowest BCUT2D eigenvalue weighted by Crippen LogP contribution is -2.17. The first-order chi connectivity index (χ1) is 9.31. The molecule has 1 atom stereocenters. The topological polar surface area (TPSA) is 43.8 Å². The molecule has 108 valence electrons. The molecule has 1 heterocycles. The molecular formula is C13H13ClF3N3. The third kappa shape index (κ3) is 2.66. The van der Waals surface area contributed by atoms with E-state index >= 15 is 0 Å². The first-order valence-electron chi connectivity index (χ1n) is 5.89. The van der Waals surface area contributed by atoms with E-state index in [0.29, 0.717) is 28.5 Å². The zero-order valence-corrected chi connectivity index (χ0v) is 11.7. The van der Waals surface area contributed by atoms with Crippen molar-refractivity contribution in [3.8, 4) is 0 Å². The number of hydrogen-bond acceptors (Lipinski definition) is 2. The summed E-state index contributed by atoms with van der Waals surface area (Å²) in [5.74, 6) is -2.99. The predicted molar refractivity (Wildman–Crippen MR) is 69.9 cm³/mol. The summed E-state index contributed by atoms with van der Waals surface area (Å²) in [5, 5.41) is 4.46. The predicted octanol–water partition coefficient (Wildman–Crippen LogP) is 3.04. The van der Waals surface area contributed by atoms with Crippen LogP contribution in [0.1, 0.15) is 22.9 Å². The van der Waals surface area contributed by atoms with Crippen molar-refractivity contribution in [3.63, 3.8) is 0 Å². The molecule has 1 aromatic heterocycles. The summed E-state index contributed by atoms with van der Waals surface area (Å²) in [5.41, 5.74) is 6.72. The molecule has 1 unspecified atom stereocenters. The van der Waals surface area contributed by atoms with Crippen LogP contribution in [0.25, 0.3) is 0 Å². The van der Waals surface area contributed by atoms with Crippen molar-refractivity contribution in [1.82, 2.24) is 9.78 Å². The highest BCUT2D eigenvalue weighted by atomic mass is 35.5. The third-order valence-electron chi connectivity index (χ3n) is 3.11. The lowest BCUT2D eigenvalue weighted by atomic mass is 9.99. The Morgan fingerprint density at radius 2 is 1.85 bits per heavy atom. The number of halogens is 4. The van der Waals surface area contributed by atoms with Crippen LogP contribution in [0.5, 0.6) is 0 Å². The van der Waals surface area contributed by atoms with Gasteiger partial charge in [-0.3, -0.25) is 4.68 Å². The van der Waals surface area contributed by atoms with Crippen LogP contribution in [0, 0.1) is 24.4 Å². The number of nitrogens with two attached hydrogens (primary N) is 1.